The van der Waals surface area contributed by atoms with Crippen LogP contribution in [-0.2, 0) is 13.1 Å². The second-order valence-corrected chi connectivity index (χ2v) is 3.47. The summed E-state index contributed by atoms with van der Waals surface area (Å²) in [5, 5.41) is 10.9. The highest BCUT2D eigenvalue weighted by molar-refractivity contribution is 5.85. The lowest BCUT2D eigenvalue weighted by molar-refractivity contribution is 0.0569. The average Bonchev–Trinajstić information content (AvgIpc) is 2.95. The summed E-state index contributed by atoms with van der Waals surface area (Å²) in [6.07, 6.45) is 3.10. The van der Waals surface area contributed by atoms with E-state index in [1.54, 1.807) is 4.68 Å². The molecule has 5 nitrogen and oxygen atoms in total. The van der Waals surface area contributed by atoms with E-state index in [9.17, 15) is 8.78 Å². The van der Waals surface area contributed by atoms with Gasteiger partial charge in [-0.05, 0) is 13.0 Å². The largest absolute Gasteiger partial charge is 0.363 e. The lowest BCUT2D eigenvalue weighted by Gasteiger charge is -2.00. The van der Waals surface area contributed by atoms with Crippen LogP contribution < -0.4 is 5.32 Å². The van der Waals surface area contributed by atoms with Crippen LogP contribution in [0, 0.1) is 0 Å². The lowest BCUT2D eigenvalue weighted by Crippen LogP contribution is -2.04. The van der Waals surface area contributed by atoms with Gasteiger partial charge in [-0.15, -0.1) is 12.4 Å². The Kier molecular flexibility index (Phi) is 5.08. The van der Waals surface area contributed by atoms with E-state index >= 15 is 0 Å². The predicted molar refractivity (Wildman–Crippen MR) is 66.0 cm³/mol. The molecule has 0 aliphatic rings. The first-order chi connectivity index (χ1) is 8.19. The first-order valence-electron chi connectivity index (χ1n) is 5.28. The molecule has 0 saturated heterocycles. The van der Waals surface area contributed by atoms with Crippen molar-refractivity contribution in [3.05, 3.63) is 30.2 Å². The highest BCUT2D eigenvalue weighted by atomic mass is 35.5. The van der Waals surface area contributed by atoms with Crippen LogP contribution in [0.25, 0.3) is 0 Å². The number of nitrogens with one attached hydrogen (secondary N) is 1. The molecule has 2 aromatic heterocycles. The first kappa shape index (κ1) is 14.4. The number of hydrogen-bond donors (Lipinski definition) is 1. The van der Waals surface area contributed by atoms with Gasteiger partial charge in [-0.1, -0.05) is 0 Å². The maximum absolute atomic E-state index is 12.2. The SMILES string of the molecule is CCn1ccc(CNc2ccn(C(F)F)n2)n1.Cl. The van der Waals surface area contributed by atoms with Gasteiger partial charge in [0.1, 0.15) is 5.82 Å². The third kappa shape index (κ3) is 3.43. The van der Waals surface area contributed by atoms with Gasteiger partial charge in [0.2, 0.25) is 0 Å². The Balaban J connectivity index is 0.00000162. The first-order valence-corrected chi connectivity index (χ1v) is 5.28. The summed E-state index contributed by atoms with van der Waals surface area (Å²) in [4.78, 5) is 0. The van der Waals surface area contributed by atoms with Gasteiger partial charge in [0.15, 0.2) is 0 Å². The Morgan fingerprint density at radius 2 is 2.06 bits per heavy atom. The Labute approximate surface area is 109 Å². The Morgan fingerprint density at radius 1 is 1.28 bits per heavy atom. The van der Waals surface area contributed by atoms with Gasteiger partial charge in [0.25, 0.3) is 0 Å². The zero-order chi connectivity index (χ0) is 12.3. The van der Waals surface area contributed by atoms with Gasteiger partial charge in [0, 0.05) is 25.0 Å². The number of aromatic nitrogens is 4. The molecule has 8 heteroatoms. The van der Waals surface area contributed by atoms with Crippen LogP contribution in [0.1, 0.15) is 19.2 Å². The highest BCUT2D eigenvalue weighted by Gasteiger charge is 2.07. The molecule has 0 unspecified atom stereocenters. The number of aryl methyl sites for hydroxylation is 1. The van der Waals surface area contributed by atoms with Crippen molar-refractivity contribution in [2.45, 2.75) is 26.6 Å². The molecule has 0 bridgehead atoms. The number of hydrogen-bond acceptors (Lipinski definition) is 3. The summed E-state index contributed by atoms with van der Waals surface area (Å²) in [7, 11) is 0. The van der Waals surface area contributed by atoms with Crippen molar-refractivity contribution in [3.63, 3.8) is 0 Å². The summed E-state index contributed by atoms with van der Waals surface area (Å²) < 4.78 is 26.9. The average molecular weight is 278 g/mol. The van der Waals surface area contributed by atoms with E-state index in [0.717, 1.165) is 12.2 Å². The van der Waals surface area contributed by atoms with E-state index in [1.807, 2.05) is 19.2 Å². The molecule has 2 heterocycles. The lowest BCUT2D eigenvalue weighted by atomic mass is 10.4. The summed E-state index contributed by atoms with van der Waals surface area (Å²) in [6.45, 7) is 0.659. The molecular weight excluding hydrogens is 264 g/mol. The molecule has 0 fully saturated rings. The molecule has 1 N–H and O–H groups in total. The number of rotatable bonds is 5. The Hall–Kier alpha value is -1.63. The second kappa shape index (κ2) is 6.34. The van der Waals surface area contributed by atoms with Crippen molar-refractivity contribution >= 4 is 18.2 Å². The van der Waals surface area contributed by atoms with E-state index in [1.165, 1.54) is 12.3 Å². The van der Waals surface area contributed by atoms with E-state index in [2.05, 4.69) is 15.5 Å². The molecule has 0 aliphatic heterocycles. The monoisotopic (exact) mass is 277 g/mol. The van der Waals surface area contributed by atoms with E-state index in [4.69, 9.17) is 0 Å². The topological polar surface area (TPSA) is 47.7 Å². The summed E-state index contributed by atoms with van der Waals surface area (Å²) in [6, 6.07) is 3.38. The van der Waals surface area contributed by atoms with Gasteiger partial charge in [-0.2, -0.15) is 19.0 Å². The van der Waals surface area contributed by atoms with Crippen molar-refractivity contribution in [2.24, 2.45) is 0 Å². The fourth-order valence-electron chi connectivity index (χ4n) is 1.40. The van der Waals surface area contributed by atoms with Crippen LogP contribution in [0.5, 0.6) is 0 Å². The normalized spacial score (nSPS) is 10.4. The maximum Gasteiger partial charge on any atom is 0.333 e. The fourth-order valence-corrected chi connectivity index (χ4v) is 1.40. The smallest absolute Gasteiger partial charge is 0.333 e. The predicted octanol–water partition coefficient (Wildman–Crippen LogP) is 2.53. The van der Waals surface area contributed by atoms with Gasteiger partial charge in [-0.25, -0.2) is 4.68 Å². The summed E-state index contributed by atoms with van der Waals surface area (Å²) in [5.41, 5.74) is 0.846. The van der Waals surface area contributed by atoms with Crippen molar-refractivity contribution < 1.29 is 8.78 Å². The molecule has 0 amide bonds. The minimum absolute atomic E-state index is 0. The van der Waals surface area contributed by atoms with E-state index in [0.29, 0.717) is 17.0 Å². The van der Waals surface area contributed by atoms with E-state index in [-0.39, 0.29) is 12.4 Å². The zero-order valence-electron chi connectivity index (χ0n) is 9.75. The molecular formula is C10H14ClF2N5. The third-order valence-electron chi connectivity index (χ3n) is 2.28. The van der Waals surface area contributed by atoms with Gasteiger partial charge in [0.05, 0.1) is 12.2 Å². The van der Waals surface area contributed by atoms with Crippen molar-refractivity contribution in [1.82, 2.24) is 19.6 Å². The third-order valence-corrected chi connectivity index (χ3v) is 2.28. The van der Waals surface area contributed by atoms with Crippen molar-refractivity contribution in [2.75, 3.05) is 5.32 Å². The minimum Gasteiger partial charge on any atom is -0.363 e. The van der Waals surface area contributed by atoms with Crippen LogP contribution in [0.3, 0.4) is 0 Å². The van der Waals surface area contributed by atoms with Gasteiger partial charge in [-0.3, -0.25) is 4.68 Å². The number of halogens is 3. The van der Waals surface area contributed by atoms with Crippen LogP contribution in [0.15, 0.2) is 24.5 Å². The summed E-state index contributed by atoms with van der Waals surface area (Å²) >= 11 is 0. The minimum atomic E-state index is -2.61. The van der Waals surface area contributed by atoms with Crippen LogP contribution in [0.2, 0.25) is 0 Å². The standard InChI is InChI=1S/C10H13F2N5.ClH/c1-2-16-5-3-8(14-16)7-13-9-4-6-17(15-9)10(11)12;/h3-6,10H,2,7H2,1H3,(H,13,15);1H. The fraction of sp³-hybridized carbons (Fsp3) is 0.400. The molecule has 18 heavy (non-hydrogen) atoms. The molecule has 100 valence electrons. The molecule has 2 aromatic rings. The molecule has 0 atom stereocenters. The van der Waals surface area contributed by atoms with Crippen LogP contribution >= 0.6 is 12.4 Å². The van der Waals surface area contributed by atoms with Crippen LogP contribution in [0.4, 0.5) is 14.6 Å². The second-order valence-electron chi connectivity index (χ2n) is 3.47. The van der Waals surface area contributed by atoms with Gasteiger partial charge >= 0.3 is 6.55 Å². The van der Waals surface area contributed by atoms with Crippen LogP contribution in [-0.4, -0.2) is 19.6 Å². The molecule has 0 aromatic carbocycles. The number of anilines is 1. The van der Waals surface area contributed by atoms with Gasteiger partial charge < -0.3 is 5.32 Å². The molecule has 0 spiro atoms. The Bertz CT molecular complexity index is 482. The van der Waals surface area contributed by atoms with E-state index < -0.39 is 6.55 Å². The number of alkyl halides is 2. The Morgan fingerprint density at radius 3 is 2.61 bits per heavy atom. The molecule has 0 radical (unpaired) electrons. The van der Waals surface area contributed by atoms with Crippen molar-refractivity contribution in [1.29, 1.82) is 0 Å². The highest BCUT2D eigenvalue weighted by Crippen LogP contribution is 2.12. The molecule has 0 aliphatic carbocycles. The molecule has 2 rings (SSSR count). The summed E-state index contributed by atoms with van der Waals surface area (Å²) in [5.74, 6) is 0.413. The maximum atomic E-state index is 12.2. The number of nitrogens with zero attached hydrogens (tertiary/aromatic N) is 4. The zero-order valence-corrected chi connectivity index (χ0v) is 10.6. The van der Waals surface area contributed by atoms with Crippen molar-refractivity contribution in [3.8, 4) is 0 Å². The molecule has 0 saturated carbocycles. The quantitative estimate of drug-likeness (QED) is 0.914.